The Morgan fingerprint density at radius 2 is 2.06 bits per heavy atom. The van der Waals surface area contributed by atoms with Crippen LogP contribution in [0.3, 0.4) is 0 Å². The molecule has 0 unspecified atom stereocenters. The molecule has 5 nitrogen and oxygen atoms in total. The molecule has 1 rings (SSSR count). The minimum Gasteiger partial charge on any atom is -0.360 e. The average Bonchev–Trinajstić information content (AvgIpc) is 2.63. The van der Waals surface area contributed by atoms with Crippen molar-refractivity contribution in [1.82, 2.24) is 20.3 Å². The second kappa shape index (κ2) is 6.62. The van der Waals surface area contributed by atoms with E-state index >= 15 is 0 Å². The summed E-state index contributed by atoms with van der Waals surface area (Å²) in [6.07, 6.45) is 0. The number of hydrogen-bond acceptors (Lipinski definition) is 5. The van der Waals surface area contributed by atoms with E-state index < -0.39 is 0 Å². The molecule has 0 saturated carbocycles. The lowest BCUT2D eigenvalue weighted by Gasteiger charge is -2.17. The molecule has 92 valence electrons. The molecule has 0 radical (unpaired) electrons. The lowest BCUT2D eigenvalue weighted by Crippen LogP contribution is -2.28. The van der Waals surface area contributed by atoms with Gasteiger partial charge >= 0.3 is 0 Å². The molecule has 0 amide bonds. The van der Waals surface area contributed by atoms with Crippen LogP contribution in [0.1, 0.15) is 11.5 Å². The van der Waals surface area contributed by atoms with Crippen molar-refractivity contribution in [3.63, 3.8) is 0 Å². The van der Waals surface area contributed by atoms with Gasteiger partial charge < -0.3 is 14.7 Å². The Balaban J connectivity index is 2.34. The number of aromatic nitrogens is 1. The average molecular weight is 226 g/mol. The minimum atomic E-state index is 0.755. The first-order valence-electron chi connectivity index (χ1n) is 5.54. The lowest BCUT2D eigenvalue weighted by molar-refractivity contribution is 0.245. The largest absolute Gasteiger partial charge is 0.360 e. The van der Waals surface area contributed by atoms with Crippen molar-refractivity contribution >= 4 is 0 Å². The zero-order valence-electron chi connectivity index (χ0n) is 10.7. The monoisotopic (exact) mass is 226 g/mol. The van der Waals surface area contributed by atoms with Gasteiger partial charge in [-0.15, -0.1) is 0 Å². The first kappa shape index (κ1) is 13.2. The van der Waals surface area contributed by atoms with E-state index in [1.165, 1.54) is 0 Å². The molecule has 1 heterocycles. The number of nitrogens with zero attached hydrogens (tertiary/aromatic N) is 3. The maximum Gasteiger partial charge on any atom is 0.151 e. The van der Waals surface area contributed by atoms with Crippen LogP contribution in [-0.2, 0) is 13.1 Å². The van der Waals surface area contributed by atoms with Gasteiger partial charge in [-0.3, -0.25) is 4.90 Å². The molecule has 1 N–H and O–H groups in total. The highest BCUT2D eigenvalue weighted by Gasteiger charge is 2.06. The second-order valence-electron chi connectivity index (χ2n) is 4.36. The Kier molecular flexibility index (Phi) is 5.45. The van der Waals surface area contributed by atoms with Crippen LogP contribution in [0.5, 0.6) is 0 Å². The molecule has 0 aliphatic rings. The van der Waals surface area contributed by atoms with Gasteiger partial charge in [0, 0.05) is 25.7 Å². The lowest BCUT2D eigenvalue weighted by atomic mass is 10.3. The summed E-state index contributed by atoms with van der Waals surface area (Å²) in [5, 5.41) is 7.03. The molecular weight excluding hydrogens is 204 g/mol. The molecule has 16 heavy (non-hydrogen) atoms. The van der Waals surface area contributed by atoms with E-state index in [0.717, 1.165) is 37.6 Å². The molecule has 0 aliphatic heterocycles. The van der Waals surface area contributed by atoms with E-state index in [9.17, 15) is 0 Å². The van der Waals surface area contributed by atoms with Crippen LogP contribution in [0.2, 0.25) is 0 Å². The predicted octanol–water partition coefficient (Wildman–Crippen LogP) is 0.387. The zero-order valence-corrected chi connectivity index (χ0v) is 10.7. The van der Waals surface area contributed by atoms with E-state index in [2.05, 4.69) is 41.4 Å². The topological polar surface area (TPSA) is 44.5 Å². The maximum atomic E-state index is 5.25. The molecule has 0 bridgehead atoms. The summed E-state index contributed by atoms with van der Waals surface area (Å²) < 4.78 is 5.25. The van der Waals surface area contributed by atoms with E-state index in [-0.39, 0.29) is 0 Å². The number of likely N-dealkylation sites (N-methyl/N-ethyl adjacent to an activating group) is 2. The van der Waals surface area contributed by atoms with Crippen LogP contribution in [-0.4, -0.2) is 56.2 Å². The van der Waals surface area contributed by atoms with Gasteiger partial charge in [-0.05, 0) is 28.2 Å². The zero-order chi connectivity index (χ0) is 12.0. The third-order valence-corrected chi connectivity index (χ3v) is 2.32. The fourth-order valence-corrected chi connectivity index (χ4v) is 1.41. The van der Waals surface area contributed by atoms with Gasteiger partial charge in [0.2, 0.25) is 0 Å². The number of rotatable bonds is 7. The third kappa shape index (κ3) is 4.74. The highest BCUT2D eigenvalue weighted by Crippen LogP contribution is 2.05. The van der Waals surface area contributed by atoms with E-state index in [1.54, 1.807) is 0 Å². The number of hydrogen-bond donors (Lipinski definition) is 1. The molecule has 1 aromatic rings. The molecule has 0 aliphatic carbocycles. The summed E-state index contributed by atoms with van der Waals surface area (Å²) in [6.45, 7) is 3.64. The Hall–Kier alpha value is -0.910. The van der Waals surface area contributed by atoms with Gasteiger partial charge in [-0.2, -0.15) is 0 Å². The van der Waals surface area contributed by atoms with Crippen LogP contribution in [0.15, 0.2) is 10.6 Å². The fourth-order valence-electron chi connectivity index (χ4n) is 1.41. The normalized spacial score (nSPS) is 11.6. The highest BCUT2D eigenvalue weighted by molar-refractivity contribution is 5.04. The molecule has 1 aromatic heterocycles. The van der Waals surface area contributed by atoms with Gasteiger partial charge in [0.25, 0.3) is 0 Å². The predicted molar refractivity (Wildman–Crippen MR) is 64.2 cm³/mol. The second-order valence-corrected chi connectivity index (χ2v) is 4.36. The van der Waals surface area contributed by atoms with E-state index in [4.69, 9.17) is 4.52 Å². The summed E-state index contributed by atoms with van der Waals surface area (Å²) in [6, 6.07) is 2.00. The molecule has 0 fully saturated rings. The van der Waals surface area contributed by atoms with Crippen molar-refractivity contribution in [2.75, 3.05) is 41.3 Å². The molecule has 5 heteroatoms. The van der Waals surface area contributed by atoms with Crippen molar-refractivity contribution in [1.29, 1.82) is 0 Å². The maximum absolute atomic E-state index is 5.25. The van der Waals surface area contributed by atoms with Gasteiger partial charge in [0.15, 0.2) is 5.76 Å². The standard InChI is InChI=1S/C11H22N4O/c1-12-8-10-7-11(16-13-10)9-15(4)6-5-14(2)3/h7,12H,5-6,8-9H2,1-4H3. The van der Waals surface area contributed by atoms with Crippen LogP contribution in [0.4, 0.5) is 0 Å². The van der Waals surface area contributed by atoms with Crippen LogP contribution in [0.25, 0.3) is 0 Å². The molecule has 0 aromatic carbocycles. The summed E-state index contributed by atoms with van der Waals surface area (Å²) in [5.74, 6) is 0.923. The van der Waals surface area contributed by atoms with Crippen molar-refractivity contribution in [3.8, 4) is 0 Å². The quantitative estimate of drug-likeness (QED) is 0.728. The Labute approximate surface area is 97.4 Å². The van der Waals surface area contributed by atoms with Crippen molar-refractivity contribution < 1.29 is 4.52 Å². The van der Waals surface area contributed by atoms with E-state index in [1.807, 2.05) is 13.1 Å². The number of nitrogens with one attached hydrogen (secondary N) is 1. The van der Waals surface area contributed by atoms with Crippen LogP contribution in [0, 0.1) is 0 Å². The SMILES string of the molecule is CNCc1cc(CN(C)CCN(C)C)on1. The van der Waals surface area contributed by atoms with Crippen LogP contribution < -0.4 is 5.32 Å². The Morgan fingerprint density at radius 1 is 1.31 bits per heavy atom. The summed E-state index contributed by atoms with van der Waals surface area (Å²) in [7, 11) is 8.14. The molecular formula is C11H22N4O. The van der Waals surface area contributed by atoms with Crippen molar-refractivity contribution in [2.24, 2.45) is 0 Å². The van der Waals surface area contributed by atoms with Gasteiger partial charge in [0.05, 0.1) is 12.2 Å². The Morgan fingerprint density at radius 3 is 2.69 bits per heavy atom. The van der Waals surface area contributed by atoms with Crippen molar-refractivity contribution in [2.45, 2.75) is 13.1 Å². The van der Waals surface area contributed by atoms with Gasteiger partial charge in [-0.1, -0.05) is 5.16 Å². The fraction of sp³-hybridized carbons (Fsp3) is 0.727. The van der Waals surface area contributed by atoms with Crippen LogP contribution >= 0.6 is 0 Å². The highest BCUT2D eigenvalue weighted by atomic mass is 16.5. The van der Waals surface area contributed by atoms with E-state index in [0.29, 0.717) is 0 Å². The summed E-state index contributed by atoms with van der Waals surface area (Å²) in [4.78, 5) is 4.40. The van der Waals surface area contributed by atoms with Crippen molar-refractivity contribution in [3.05, 3.63) is 17.5 Å². The van der Waals surface area contributed by atoms with Gasteiger partial charge in [0.1, 0.15) is 0 Å². The molecule has 0 atom stereocenters. The smallest absolute Gasteiger partial charge is 0.151 e. The third-order valence-electron chi connectivity index (χ3n) is 2.32. The summed E-state index contributed by atoms with van der Waals surface area (Å²) in [5.41, 5.74) is 0.957. The first-order valence-corrected chi connectivity index (χ1v) is 5.54. The summed E-state index contributed by atoms with van der Waals surface area (Å²) >= 11 is 0. The Bertz CT molecular complexity index is 298. The molecule has 0 spiro atoms. The first-order chi connectivity index (χ1) is 7.61. The molecule has 0 saturated heterocycles. The van der Waals surface area contributed by atoms with Gasteiger partial charge in [-0.25, -0.2) is 0 Å². The minimum absolute atomic E-state index is 0.755.